The van der Waals surface area contributed by atoms with Gasteiger partial charge in [0.2, 0.25) is 8.48 Å². The largest absolute Gasteiger partial charge is 0.450 e. The van der Waals surface area contributed by atoms with Crippen LogP contribution in [-0.4, -0.2) is 24.6 Å². The lowest BCUT2D eigenvalue weighted by molar-refractivity contribution is 0.584. The van der Waals surface area contributed by atoms with Gasteiger partial charge in [-0.05, 0) is 13.1 Å². The minimum atomic E-state index is -1.73. The van der Waals surface area contributed by atoms with Crippen molar-refractivity contribution >= 4 is 24.6 Å². The molecular formula is C6H21NOSi3. The minimum absolute atomic E-state index is 0.940. The molecule has 0 aromatic heterocycles. The van der Waals surface area contributed by atoms with E-state index in [2.05, 4.69) is 39.3 Å². The smallest absolute Gasteiger partial charge is 0.248 e. The Kier molecular flexibility index (Phi) is 3.71. The van der Waals surface area contributed by atoms with Crippen molar-refractivity contribution in [2.75, 3.05) is 0 Å². The van der Waals surface area contributed by atoms with Gasteiger partial charge in [0.25, 0.3) is 0 Å². The van der Waals surface area contributed by atoms with Crippen LogP contribution in [-0.2, 0) is 4.12 Å². The fraction of sp³-hybridized carbons (Fsp3) is 1.00. The molecule has 0 aliphatic rings. The summed E-state index contributed by atoms with van der Waals surface area (Å²) in [4.78, 5) is 0. The van der Waals surface area contributed by atoms with Crippen LogP contribution < -0.4 is 5.40 Å². The molecule has 0 amide bonds. The molecule has 0 saturated carbocycles. The van der Waals surface area contributed by atoms with E-state index in [0.29, 0.717) is 0 Å². The fourth-order valence-electron chi connectivity index (χ4n) is 0.632. The molecule has 68 valence electrons. The molecule has 0 spiro atoms. The predicted octanol–water partition coefficient (Wildman–Crippen LogP) is 1.43. The second-order valence-electron chi connectivity index (χ2n) is 4.73. The molecule has 1 atom stereocenters. The van der Waals surface area contributed by atoms with Crippen LogP contribution in [0.1, 0.15) is 0 Å². The molecule has 2 nitrogen and oxygen atoms in total. The molecule has 0 aliphatic heterocycles. The van der Waals surface area contributed by atoms with Crippen LogP contribution >= 0.6 is 0 Å². The van der Waals surface area contributed by atoms with Crippen LogP contribution in [0, 0.1) is 0 Å². The highest BCUT2D eigenvalue weighted by Crippen LogP contribution is 2.10. The van der Waals surface area contributed by atoms with Crippen molar-refractivity contribution in [1.29, 1.82) is 0 Å². The van der Waals surface area contributed by atoms with Crippen LogP contribution in [0.3, 0.4) is 0 Å². The lowest BCUT2D eigenvalue weighted by atomic mass is 11.8. The molecule has 2 N–H and O–H groups in total. The third-order valence-corrected chi connectivity index (χ3v) is 16.4. The maximum atomic E-state index is 5.92. The lowest BCUT2D eigenvalue weighted by Crippen LogP contribution is -2.54. The summed E-state index contributed by atoms with van der Waals surface area (Å²) < 4.78 is 5.92. The number of hydrogen-bond donors (Lipinski definition) is 1. The van der Waals surface area contributed by atoms with Crippen LogP contribution in [0.15, 0.2) is 0 Å². The van der Waals surface area contributed by atoms with Crippen molar-refractivity contribution < 1.29 is 4.12 Å². The van der Waals surface area contributed by atoms with Gasteiger partial charge in [0.05, 0.1) is 7.59 Å². The maximum Gasteiger partial charge on any atom is 0.248 e. The second-order valence-corrected chi connectivity index (χ2v) is 22.5. The first-order valence-corrected chi connectivity index (χ1v) is 14.0. The summed E-state index contributed by atoms with van der Waals surface area (Å²) in [6.07, 6.45) is 0. The normalized spacial score (nSPS) is 16.6. The Balaban J connectivity index is 3.99. The maximum absolute atomic E-state index is 5.92. The molecule has 0 heterocycles. The van der Waals surface area contributed by atoms with Gasteiger partial charge in [-0.3, -0.25) is 0 Å². The van der Waals surface area contributed by atoms with Crippen LogP contribution in [0.2, 0.25) is 39.3 Å². The van der Waals surface area contributed by atoms with Crippen molar-refractivity contribution in [1.82, 2.24) is 0 Å². The van der Waals surface area contributed by atoms with Gasteiger partial charge in [-0.2, -0.15) is 0 Å². The molecule has 0 radical (unpaired) electrons. The van der Waals surface area contributed by atoms with Gasteiger partial charge in [0, 0.05) is 0 Å². The average Bonchev–Trinajstić information content (AvgIpc) is 1.56. The van der Waals surface area contributed by atoms with Gasteiger partial charge in [0.15, 0.2) is 0 Å². The first-order chi connectivity index (χ1) is 4.63. The van der Waals surface area contributed by atoms with E-state index in [9.17, 15) is 0 Å². The topological polar surface area (TPSA) is 35.2 Å². The van der Waals surface area contributed by atoms with Gasteiger partial charge in [-0.25, -0.2) is 0 Å². The van der Waals surface area contributed by atoms with Crippen LogP contribution in [0.25, 0.3) is 0 Å². The zero-order valence-corrected chi connectivity index (χ0v) is 11.7. The first-order valence-electron chi connectivity index (χ1n) is 4.09. The van der Waals surface area contributed by atoms with E-state index >= 15 is 0 Å². The summed E-state index contributed by atoms with van der Waals surface area (Å²) in [6.45, 7) is 13.5. The van der Waals surface area contributed by atoms with E-state index in [1.807, 2.05) is 0 Å². The van der Waals surface area contributed by atoms with Crippen molar-refractivity contribution in [2.24, 2.45) is 5.40 Å². The zero-order valence-electron chi connectivity index (χ0n) is 8.56. The molecule has 0 aliphatic carbocycles. The Morgan fingerprint density at radius 1 is 1.09 bits per heavy atom. The number of hydrogen-bond acceptors (Lipinski definition) is 2. The van der Waals surface area contributed by atoms with E-state index < -0.39 is 24.6 Å². The Morgan fingerprint density at radius 3 is 1.55 bits per heavy atom. The van der Waals surface area contributed by atoms with Gasteiger partial charge in [0.1, 0.15) is 8.56 Å². The van der Waals surface area contributed by atoms with E-state index in [1.165, 1.54) is 0 Å². The van der Waals surface area contributed by atoms with Gasteiger partial charge in [-0.15, -0.1) is 0 Å². The number of rotatable bonds is 3. The van der Waals surface area contributed by atoms with Crippen LogP contribution in [0.4, 0.5) is 0 Å². The van der Waals surface area contributed by atoms with Crippen molar-refractivity contribution in [3.8, 4) is 0 Å². The fourth-order valence-corrected chi connectivity index (χ4v) is 11.6. The third kappa shape index (κ3) is 5.80. The molecule has 5 heteroatoms. The Morgan fingerprint density at radius 2 is 1.45 bits per heavy atom. The summed E-state index contributed by atoms with van der Waals surface area (Å²) in [7, 11) is -3.67. The third-order valence-electron chi connectivity index (χ3n) is 1.70. The molecule has 0 aromatic carbocycles. The minimum Gasteiger partial charge on any atom is -0.450 e. The van der Waals surface area contributed by atoms with Crippen molar-refractivity contribution in [2.45, 2.75) is 39.3 Å². The van der Waals surface area contributed by atoms with E-state index in [0.717, 1.165) is 0 Å². The summed E-state index contributed by atoms with van der Waals surface area (Å²) in [5, 5.41) is 5.91. The van der Waals surface area contributed by atoms with E-state index in [1.54, 1.807) is 0 Å². The molecule has 0 fully saturated rings. The SMILES string of the molecule is C[SiH](O[Si](C)(C)N)[Si](C)(C)C. The first kappa shape index (κ1) is 11.6. The zero-order chi connectivity index (χ0) is 9.28. The summed E-state index contributed by atoms with van der Waals surface area (Å²) >= 11 is 0. The average molecular weight is 207 g/mol. The monoisotopic (exact) mass is 207 g/mol. The second kappa shape index (κ2) is 3.53. The highest BCUT2D eigenvalue weighted by Gasteiger charge is 2.30. The van der Waals surface area contributed by atoms with Crippen LogP contribution in [0.5, 0.6) is 0 Å². The summed E-state index contributed by atoms with van der Waals surface area (Å²) in [5.74, 6) is 0. The van der Waals surface area contributed by atoms with E-state index in [-0.39, 0.29) is 0 Å². The summed E-state index contributed by atoms with van der Waals surface area (Å²) in [5.41, 5.74) is 0. The highest BCUT2D eigenvalue weighted by atomic mass is 29.2. The predicted molar refractivity (Wildman–Crippen MR) is 59.1 cm³/mol. The summed E-state index contributed by atoms with van der Waals surface area (Å²) in [6, 6.07) is 0. The number of nitrogens with two attached hydrogens (primary N) is 1. The van der Waals surface area contributed by atoms with Gasteiger partial charge in [-0.1, -0.05) is 26.2 Å². The highest BCUT2D eigenvalue weighted by molar-refractivity contribution is 7.30. The molecule has 0 rings (SSSR count). The van der Waals surface area contributed by atoms with E-state index in [4.69, 9.17) is 9.51 Å². The Bertz CT molecular complexity index is 127. The molecule has 0 aromatic rings. The molecule has 1 unspecified atom stereocenters. The van der Waals surface area contributed by atoms with Gasteiger partial charge < -0.3 is 9.51 Å². The van der Waals surface area contributed by atoms with Gasteiger partial charge >= 0.3 is 0 Å². The molecule has 11 heavy (non-hydrogen) atoms. The quantitative estimate of drug-likeness (QED) is 0.711. The standard InChI is InChI=1S/C6H21NOSi3/c1-9(10(2,3)4)8-11(5,6)7/h9H,7H2,1-6H3. The Labute approximate surface area is 73.9 Å². The Hall–Kier alpha value is 0.571. The molecule has 0 bridgehead atoms. The lowest BCUT2D eigenvalue weighted by Gasteiger charge is -2.30. The molecular weight excluding hydrogens is 186 g/mol. The van der Waals surface area contributed by atoms with Crippen molar-refractivity contribution in [3.63, 3.8) is 0 Å². The molecule has 0 saturated heterocycles. The van der Waals surface area contributed by atoms with Crippen molar-refractivity contribution in [3.05, 3.63) is 0 Å².